The highest BCUT2D eigenvalue weighted by Gasteiger charge is 2.17. The largest absolute Gasteiger partial charge is 0.343 e. The Balaban J connectivity index is 1.89. The van der Waals surface area contributed by atoms with Gasteiger partial charge < -0.3 is 4.98 Å². The Morgan fingerprint density at radius 3 is 2.53 bits per heavy atom. The minimum Gasteiger partial charge on any atom is -0.343 e. The van der Waals surface area contributed by atoms with Gasteiger partial charge in [0.05, 0.1) is 21.9 Å². The van der Waals surface area contributed by atoms with Crippen LogP contribution < -0.4 is 5.43 Å². The number of pyridine rings is 2. The Morgan fingerprint density at radius 2 is 1.73 bits per heavy atom. The number of H-pyrrole nitrogens is 1. The van der Waals surface area contributed by atoms with E-state index in [1.807, 2.05) is 54.6 Å². The molecule has 6 nitrogen and oxygen atoms in total. The molecule has 142 valence electrons. The van der Waals surface area contributed by atoms with Gasteiger partial charge in [-0.25, -0.2) is 9.97 Å². The maximum Gasteiger partial charge on any atom is 0.227 e. The van der Waals surface area contributed by atoms with Gasteiger partial charge in [-0.3, -0.25) is 9.78 Å². The topological polar surface area (TPSA) is 95.3 Å². The quantitative estimate of drug-likeness (QED) is 0.455. The first-order valence-corrected chi connectivity index (χ1v) is 9.47. The number of halogens is 1. The lowest BCUT2D eigenvalue weighted by Gasteiger charge is -2.11. The van der Waals surface area contributed by atoms with E-state index in [9.17, 15) is 10.1 Å². The molecule has 0 spiro atoms. The van der Waals surface area contributed by atoms with E-state index in [1.165, 1.54) is 6.20 Å². The third-order valence-corrected chi connectivity index (χ3v) is 5.10. The summed E-state index contributed by atoms with van der Waals surface area (Å²) in [7, 11) is 0. The second kappa shape index (κ2) is 7.07. The summed E-state index contributed by atoms with van der Waals surface area (Å²) in [5, 5.41) is 10.5. The van der Waals surface area contributed by atoms with Gasteiger partial charge >= 0.3 is 0 Å². The van der Waals surface area contributed by atoms with Crippen LogP contribution in [-0.2, 0) is 0 Å². The SMILES string of the molecule is N#Cc1c[nH]c2nc(-c3ccccc3)c(-c3cc(Cl)c4ncccc4c3)nc2c1=O. The Bertz CT molecular complexity index is 1540. The van der Waals surface area contributed by atoms with E-state index >= 15 is 0 Å². The number of aromatic amines is 1. The van der Waals surface area contributed by atoms with Crippen molar-refractivity contribution >= 4 is 33.7 Å². The van der Waals surface area contributed by atoms with Crippen molar-refractivity contribution in [2.45, 2.75) is 0 Å². The third-order valence-electron chi connectivity index (χ3n) is 4.81. The Kier molecular flexibility index (Phi) is 4.24. The second-order valence-electron chi connectivity index (χ2n) is 6.66. The summed E-state index contributed by atoms with van der Waals surface area (Å²) >= 11 is 6.49. The van der Waals surface area contributed by atoms with Crippen LogP contribution >= 0.6 is 11.6 Å². The lowest BCUT2D eigenvalue weighted by molar-refractivity contribution is 1.20. The molecule has 5 aromatic rings. The molecule has 3 heterocycles. The number of benzene rings is 2. The van der Waals surface area contributed by atoms with Gasteiger partial charge in [0.2, 0.25) is 5.43 Å². The van der Waals surface area contributed by atoms with Crippen molar-refractivity contribution in [3.63, 3.8) is 0 Å². The summed E-state index contributed by atoms with van der Waals surface area (Å²) in [5.41, 5.74) is 3.27. The molecule has 1 N–H and O–H groups in total. The molecule has 2 aromatic carbocycles. The first kappa shape index (κ1) is 18.0. The lowest BCUT2D eigenvalue weighted by Crippen LogP contribution is -2.11. The fourth-order valence-electron chi connectivity index (χ4n) is 3.39. The van der Waals surface area contributed by atoms with E-state index in [-0.39, 0.29) is 11.1 Å². The van der Waals surface area contributed by atoms with Crippen LogP contribution in [0.3, 0.4) is 0 Å². The van der Waals surface area contributed by atoms with Crippen LogP contribution in [0.5, 0.6) is 0 Å². The number of rotatable bonds is 2. The molecular weight excluding hydrogens is 398 g/mol. The predicted octanol–water partition coefficient (Wildman–Crippen LogP) is 4.73. The predicted molar refractivity (Wildman–Crippen MR) is 116 cm³/mol. The summed E-state index contributed by atoms with van der Waals surface area (Å²) in [5.74, 6) is 0. The van der Waals surface area contributed by atoms with E-state index in [1.54, 1.807) is 12.3 Å². The zero-order chi connectivity index (χ0) is 20.7. The van der Waals surface area contributed by atoms with Crippen molar-refractivity contribution in [1.29, 1.82) is 5.26 Å². The van der Waals surface area contributed by atoms with Gasteiger partial charge in [0, 0.05) is 28.9 Å². The number of hydrogen-bond donors (Lipinski definition) is 1. The normalized spacial score (nSPS) is 10.9. The van der Waals surface area contributed by atoms with E-state index in [0.29, 0.717) is 33.1 Å². The summed E-state index contributed by atoms with van der Waals surface area (Å²) < 4.78 is 0. The molecule has 0 aliphatic carbocycles. The molecule has 0 fully saturated rings. The molecule has 0 bridgehead atoms. The Labute approximate surface area is 175 Å². The highest BCUT2D eigenvalue weighted by Crippen LogP contribution is 2.34. The van der Waals surface area contributed by atoms with Gasteiger partial charge in [-0.1, -0.05) is 48.0 Å². The minimum atomic E-state index is -0.465. The molecule has 0 saturated heterocycles. The average molecular weight is 410 g/mol. The molecule has 0 aliphatic rings. The van der Waals surface area contributed by atoms with Gasteiger partial charge in [-0.2, -0.15) is 5.26 Å². The van der Waals surface area contributed by atoms with Crippen LogP contribution in [0, 0.1) is 11.3 Å². The molecular formula is C23H12ClN5O. The number of hydrogen-bond acceptors (Lipinski definition) is 5. The highest BCUT2D eigenvalue weighted by atomic mass is 35.5. The molecule has 7 heteroatoms. The van der Waals surface area contributed by atoms with Crippen LogP contribution in [0.1, 0.15) is 5.56 Å². The first-order valence-electron chi connectivity index (χ1n) is 9.09. The molecule has 0 aliphatic heterocycles. The number of nitrogens with zero attached hydrogens (tertiary/aromatic N) is 4. The van der Waals surface area contributed by atoms with Crippen molar-refractivity contribution in [3.05, 3.63) is 87.8 Å². The Morgan fingerprint density at radius 1 is 0.933 bits per heavy atom. The number of fused-ring (bicyclic) bond motifs is 2. The Hall–Kier alpha value is -4.08. The summed E-state index contributed by atoms with van der Waals surface area (Å²) in [6.45, 7) is 0. The fourth-order valence-corrected chi connectivity index (χ4v) is 3.67. The monoisotopic (exact) mass is 409 g/mol. The van der Waals surface area contributed by atoms with Gasteiger partial charge in [0.25, 0.3) is 0 Å². The summed E-state index contributed by atoms with van der Waals surface area (Å²) in [6, 6.07) is 18.9. The van der Waals surface area contributed by atoms with Crippen LogP contribution in [-0.4, -0.2) is 19.9 Å². The maximum atomic E-state index is 12.7. The fraction of sp³-hybridized carbons (Fsp3) is 0. The van der Waals surface area contributed by atoms with E-state index in [2.05, 4.69) is 19.9 Å². The molecule has 0 radical (unpaired) electrons. The average Bonchev–Trinajstić information content (AvgIpc) is 2.79. The van der Waals surface area contributed by atoms with Crippen molar-refractivity contribution in [2.24, 2.45) is 0 Å². The van der Waals surface area contributed by atoms with Crippen LogP contribution in [0.2, 0.25) is 5.02 Å². The van der Waals surface area contributed by atoms with Gasteiger partial charge in [0.15, 0.2) is 11.2 Å². The van der Waals surface area contributed by atoms with Crippen molar-refractivity contribution in [2.75, 3.05) is 0 Å². The van der Waals surface area contributed by atoms with Gasteiger partial charge in [-0.15, -0.1) is 0 Å². The van der Waals surface area contributed by atoms with E-state index in [0.717, 1.165) is 10.9 Å². The maximum absolute atomic E-state index is 12.7. The summed E-state index contributed by atoms with van der Waals surface area (Å²) in [4.78, 5) is 29.2. The third kappa shape index (κ3) is 2.89. The lowest BCUT2D eigenvalue weighted by atomic mass is 10.0. The molecule has 3 aromatic heterocycles. The van der Waals surface area contributed by atoms with Crippen molar-refractivity contribution < 1.29 is 0 Å². The molecule has 0 atom stereocenters. The standard InChI is InChI=1S/C23H12ClN5O/c24-17-10-15(9-14-7-4-8-26-18(14)17)20-19(13-5-2-1-3-6-13)29-23-21(28-20)22(30)16(11-25)12-27-23/h1-10,12H,(H,27,29,30). The molecule has 0 amide bonds. The minimum absolute atomic E-state index is 0.0176. The number of nitrogens with one attached hydrogen (secondary N) is 1. The molecule has 0 unspecified atom stereocenters. The zero-order valence-corrected chi connectivity index (χ0v) is 16.2. The summed E-state index contributed by atoms with van der Waals surface area (Å²) in [6.07, 6.45) is 3.04. The van der Waals surface area contributed by atoms with Crippen molar-refractivity contribution in [1.82, 2.24) is 19.9 Å². The van der Waals surface area contributed by atoms with Crippen molar-refractivity contribution in [3.8, 4) is 28.6 Å². The second-order valence-corrected chi connectivity index (χ2v) is 7.07. The zero-order valence-electron chi connectivity index (χ0n) is 15.4. The number of aromatic nitrogens is 4. The smallest absolute Gasteiger partial charge is 0.227 e. The van der Waals surface area contributed by atoms with E-state index < -0.39 is 5.43 Å². The number of nitriles is 1. The molecule has 30 heavy (non-hydrogen) atoms. The van der Waals surface area contributed by atoms with Gasteiger partial charge in [-0.05, 0) is 18.2 Å². The molecule has 5 rings (SSSR count). The van der Waals surface area contributed by atoms with Gasteiger partial charge in [0.1, 0.15) is 11.6 Å². The first-order chi connectivity index (χ1) is 14.7. The van der Waals surface area contributed by atoms with Crippen LogP contribution in [0.4, 0.5) is 0 Å². The van der Waals surface area contributed by atoms with Crippen LogP contribution in [0.25, 0.3) is 44.6 Å². The highest BCUT2D eigenvalue weighted by molar-refractivity contribution is 6.35. The molecule has 0 saturated carbocycles. The van der Waals surface area contributed by atoms with Crippen LogP contribution in [0.15, 0.2) is 71.8 Å². The van der Waals surface area contributed by atoms with E-state index in [4.69, 9.17) is 11.6 Å².